The summed E-state index contributed by atoms with van der Waals surface area (Å²) in [5.41, 5.74) is 12.0. The molecule has 16 heavy (non-hydrogen) atoms. The molecule has 1 aromatic carbocycles. The minimum atomic E-state index is 0.623. The lowest BCUT2D eigenvalue weighted by atomic mass is 9.81. The summed E-state index contributed by atoms with van der Waals surface area (Å²) in [4.78, 5) is 0. The van der Waals surface area contributed by atoms with Crippen LogP contribution < -0.4 is 5.73 Å². The van der Waals surface area contributed by atoms with Crippen LogP contribution in [0.3, 0.4) is 0 Å². The van der Waals surface area contributed by atoms with Gasteiger partial charge in [-0.25, -0.2) is 0 Å². The van der Waals surface area contributed by atoms with E-state index in [-0.39, 0.29) is 0 Å². The van der Waals surface area contributed by atoms with Gasteiger partial charge in [0.1, 0.15) is 0 Å². The van der Waals surface area contributed by atoms with E-state index < -0.39 is 0 Å². The zero-order valence-corrected chi connectivity index (χ0v) is 10.6. The molecule has 0 heterocycles. The normalized spacial score (nSPS) is 16.9. The van der Waals surface area contributed by atoms with Crippen LogP contribution in [0.4, 0.5) is 0 Å². The third-order valence-corrected chi connectivity index (χ3v) is 3.94. The summed E-state index contributed by atoms with van der Waals surface area (Å²) in [6, 6.07) is 4.63. The molecule has 0 saturated heterocycles. The minimum Gasteiger partial charge on any atom is -0.330 e. The van der Waals surface area contributed by atoms with Gasteiger partial charge in [-0.3, -0.25) is 0 Å². The second kappa shape index (κ2) is 5.01. The standard InChI is InChI=1S/C15H23N/c1-11-7-8-14(12(2)9-10-16)15-6-4-3-5-13(11)15/h7-8,12H,3-6,9-10,16H2,1-2H3. The summed E-state index contributed by atoms with van der Waals surface area (Å²) in [5.74, 6) is 0.623. The number of rotatable bonds is 3. The lowest BCUT2D eigenvalue weighted by molar-refractivity contribution is 0.640. The van der Waals surface area contributed by atoms with Gasteiger partial charge in [-0.2, -0.15) is 0 Å². The highest BCUT2D eigenvalue weighted by molar-refractivity contribution is 5.43. The van der Waals surface area contributed by atoms with E-state index in [9.17, 15) is 0 Å². The predicted molar refractivity (Wildman–Crippen MR) is 69.9 cm³/mol. The number of hydrogen-bond donors (Lipinski definition) is 1. The number of aryl methyl sites for hydroxylation is 1. The van der Waals surface area contributed by atoms with Crippen molar-refractivity contribution in [2.24, 2.45) is 5.73 Å². The predicted octanol–water partition coefficient (Wildman–Crippen LogP) is 3.33. The number of hydrogen-bond acceptors (Lipinski definition) is 1. The van der Waals surface area contributed by atoms with Gasteiger partial charge in [0.15, 0.2) is 0 Å². The van der Waals surface area contributed by atoms with Crippen molar-refractivity contribution in [1.82, 2.24) is 0 Å². The van der Waals surface area contributed by atoms with E-state index in [4.69, 9.17) is 5.73 Å². The maximum atomic E-state index is 5.67. The molecule has 1 nitrogen and oxygen atoms in total. The Kier molecular flexibility index (Phi) is 3.65. The molecule has 0 radical (unpaired) electrons. The molecule has 0 aromatic heterocycles. The molecule has 1 unspecified atom stereocenters. The van der Waals surface area contributed by atoms with E-state index in [0.29, 0.717) is 5.92 Å². The van der Waals surface area contributed by atoms with Crippen molar-refractivity contribution in [3.05, 3.63) is 34.4 Å². The van der Waals surface area contributed by atoms with Crippen molar-refractivity contribution in [2.75, 3.05) is 6.54 Å². The largest absolute Gasteiger partial charge is 0.330 e. The summed E-state index contributed by atoms with van der Waals surface area (Å²) >= 11 is 0. The Balaban J connectivity index is 2.38. The first-order valence-corrected chi connectivity index (χ1v) is 6.55. The minimum absolute atomic E-state index is 0.623. The fourth-order valence-corrected chi connectivity index (χ4v) is 2.94. The highest BCUT2D eigenvalue weighted by Crippen LogP contribution is 2.32. The first-order chi connectivity index (χ1) is 7.74. The van der Waals surface area contributed by atoms with Gasteiger partial charge in [0.25, 0.3) is 0 Å². The molecule has 88 valence electrons. The van der Waals surface area contributed by atoms with Crippen molar-refractivity contribution in [1.29, 1.82) is 0 Å². The Labute approximate surface area is 99.0 Å². The molecule has 1 atom stereocenters. The quantitative estimate of drug-likeness (QED) is 0.825. The van der Waals surface area contributed by atoms with Crippen molar-refractivity contribution in [3.8, 4) is 0 Å². The Morgan fingerprint density at radius 2 is 1.88 bits per heavy atom. The lowest BCUT2D eigenvalue weighted by Crippen LogP contribution is -2.12. The molecule has 0 bridgehead atoms. The summed E-state index contributed by atoms with van der Waals surface area (Å²) in [5, 5.41) is 0. The Morgan fingerprint density at radius 1 is 1.19 bits per heavy atom. The first kappa shape index (κ1) is 11.7. The maximum absolute atomic E-state index is 5.67. The van der Waals surface area contributed by atoms with Crippen LogP contribution in [-0.4, -0.2) is 6.54 Å². The third kappa shape index (κ3) is 2.15. The highest BCUT2D eigenvalue weighted by Gasteiger charge is 2.17. The number of fused-ring (bicyclic) bond motifs is 1. The first-order valence-electron chi connectivity index (χ1n) is 6.55. The molecule has 0 spiro atoms. The van der Waals surface area contributed by atoms with Crippen molar-refractivity contribution in [3.63, 3.8) is 0 Å². The van der Waals surface area contributed by atoms with Gasteiger partial charge in [-0.05, 0) is 73.7 Å². The average Bonchev–Trinajstić information content (AvgIpc) is 2.30. The van der Waals surface area contributed by atoms with Crippen LogP contribution in [0.2, 0.25) is 0 Å². The molecular weight excluding hydrogens is 194 g/mol. The monoisotopic (exact) mass is 217 g/mol. The Morgan fingerprint density at radius 3 is 2.56 bits per heavy atom. The number of benzene rings is 1. The molecule has 1 aliphatic rings. The molecule has 1 aliphatic carbocycles. The van der Waals surface area contributed by atoms with E-state index >= 15 is 0 Å². The zero-order valence-electron chi connectivity index (χ0n) is 10.6. The maximum Gasteiger partial charge on any atom is -0.00715 e. The SMILES string of the molecule is Cc1ccc(C(C)CCN)c2c1CCCC2. The number of nitrogens with two attached hydrogens (primary N) is 1. The molecule has 0 saturated carbocycles. The molecule has 0 fully saturated rings. The van der Waals surface area contributed by atoms with Crippen LogP contribution in [0.5, 0.6) is 0 Å². The molecule has 0 amide bonds. The van der Waals surface area contributed by atoms with E-state index in [0.717, 1.165) is 13.0 Å². The van der Waals surface area contributed by atoms with E-state index in [1.54, 1.807) is 16.7 Å². The van der Waals surface area contributed by atoms with Gasteiger partial charge in [-0.15, -0.1) is 0 Å². The van der Waals surface area contributed by atoms with Crippen molar-refractivity contribution in [2.45, 2.75) is 51.9 Å². The smallest absolute Gasteiger partial charge is 0.00715 e. The average molecular weight is 217 g/mol. The van der Waals surface area contributed by atoms with Crippen molar-refractivity contribution < 1.29 is 0 Å². The van der Waals surface area contributed by atoms with Gasteiger partial charge < -0.3 is 5.73 Å². The molecule has 0 aliphatic heterocycles. The van der Waals surface area contributed by atoms with Gasteiger partial charge in [0.2, 0.25) is 0 Å². The summed E-state index contributed by atoms with van der Waals surface area (Å²) in [6.07, 6.45) is 6.39. The topological polar surface area (TPSA) is 26.0 Å². The Bertz CT molecular complexity index is 368. The van der Waals surface area contributed by atoms with Gasteiger partial charge in [-0.1, -0.05) is 19.1 Å². The van der Waals surface area contributed by atoms with Crippen LogP contribution in [0, 0.1) is 6.92 Å². The molecule has 1 aromatic rings. The lowest BCUT2D eigenvalue weighted by Gasteiger charge is -2.24. The Hall–Kier alpha value is -0.820. The fraction of sp³-hybridized carbons (Fsp3) is 0.600. The second-order valence-corrected chi connectivity index (χ2v) is 5.11. The van der Waals surface area contributed by atoms with Crippen LogP contribution in [0.15, 0.2) is 12.1 Å². The van der Waals surface area contributed by atoms with Gasteiger partial charge in [0.05, 0.1) is 0 Å². The summed E-state index contributed by atoms with van der Waals surface area (Å²) in [6.45, 7) is 5.36. The summed E-state index contributed by atoms with van der Waals surface area (Å²) in [7, 11) is 0. The fourth-order valence-electron chi connectivity index (χ4n) is 2.94. The molecular formula is C15H23N. The zero-order chi connectivity index (χ0) is 11.5. The van der Waals surface area contributed by atoms with Gasteiger partial charge >= 0.3 is 0 Å². The van der Waals surface area contributed by atoms with E-state index in [1.165, 1.54) is 31.2 Å². The van der Waals surface area contributed by atoms with E-state index in [2.05, 4.69) is 26.0 Å². The van der Waals surface area contributed by atoms with Crippen LogP contribution in [0.1, 0.15) is 54.4 Å². The molecule has 2 N–H and O–H groups in total. The van der Waals surface area contributed by atoms with Crippen LogP contribution >= 0.6 is 0 Å². The molecule has 1 heteroatoms. The van der Waals surface area contributed by atoms with Crippen LogP contribution in [0.25, 0.3) is 0 Å². The highest BCUT2D eigenvalue weighted by atomic mass is 14.5. The van der Waals surface area contributed by atoms with Gasteiger partial charge in [0, 0.05) is 0 Å². The van der Waals surface area contributed by atoms with Crippen LogP contribution in [-0.2, 0) is 12.8 Å². The van der Waals surface area contributed by atoms with Crippen molar-refractivity contribution >= 4 is 0 Å². The molecule has 2 rings (SSSR count). The summed E-state index contributed by atoms with van der Waals surface area (Å²) < 4.78 is 0. The second-order valence-electron chi connectivity index (χ2n) is 5.11. The third-order valence-electron chi connectivity index (χ3n) is 3.94. The van der Waals surface area contributed by atoms with E-state index in [1.807, 2.05) is 0 Å².